The summed E-state index contributed by atoms with van der Waals surface area (Å²) in [5, 5.41) is 6.25. The fraction of sp³-hybridized carbons (Fsp3) is 0.400. The molecule has 1 N–H and O–H groups in total. The number of alkyl halides is 3. The summed E-state index contributed by atoms with van der Waals surface area (Å²) >= 11 is 0. The Hall–Kier alpha value is -1.00. The first-order valence-electron chi connectivity index (χ1n) is 2.38. The molecule has 0 aliphatic heterocycles. The van der Waals surface area contributed by atoms with Gasteiger partial charge in [-0.15, -0.1) is 0 Å². The molecular formula is C5H6F3NO. The zero-order valence-electron chi connectivity index (χ0n) is 5.03. The van der Waals surface area contributed by atoms with Crippen molar-refractivity contribution < 1.29 is 17.9 Å². The average molecular weight is 153 g/mol. The van der Waals surface area contributed by atoms with Crippen LogP contribution < -0.4 is 0 Å². The Kier molecular flexibility index (Phi) is 2.92. The fourth-order valence-corrected chi connectivity index (χ4v) is 0.224. The molecule has 0 aromatic rings. The van der Waals surface area contributed by atoms with Crippen LogP contribution in [0.2, 0.25) is 0 Å². The van der Waals surface area contributed by atoms with Crippen molar-refractivity contribution in [2.45, 2.75) is 6.18 Å². The molecule has 0 aliphatic rings. The van der Waals surface area contributed by atoms with Gasteiger partial charge in [-0.3, -0.25) is 5.41 Å². The molecule has 0 heterocycles. The Morgan fingerprint density at radius 1 is 1.60 bits per heavy atom. The van der Waals surface area contributed by atoms with E-state index in [4.69, 9.17) is 5.41 Å². The molecule has 0 aromatic carbocycles. The molecule has 0 saturated heterocycles. The van der Waals surface area contributed by atoms with Crippen LogP contribution in [-0.4, -0.2) is 18.7 Å². The normalized spacial score (nSPS) is 10.7. The standard InChI is InChI=1S/C5H6F3NO/c1-2-3-10-4(9)5(6,7)8/h2,9H,1,3H2. The zero-order chi connectivity index (χ0) is 8.20. The summed E-state index contributed by atoms with van der Waals surface area (Å²) in [6.07, 6.45) is -3.54. The molecule has 0 amide bonds. The Balaban J connectivity index is 3.74. The summed E-state index contributed by atoms with van der Waals surface area (Å²) in [6, 6.07) is 0. The predicted octanol–water partition coefficient (Wildman–Crippen LogP) is 1.73. The zero-order valence-corrected chi connectivity index (χ0v) is 5.03. The third-order valence-electron chi connectivity index (χ3n) is 0.603. The van der Waals surface area contributed by atoms with Crippen molar-refractivity contribution in [3.8, 4) is 0 Å². The minimum absolute atomic E-state index is 0.293. The summed E-state index contributed by atoms with van der Waals surface area (Å²) in [6.45, 7) is 2.83. The predicted molar refractivity (Wildman–Crippen MR) is 29.9 cm³/mol. The Labute approximate surface area is 55.8 Å². The number of rotatable bonds is 2. The van der Waals surface area contributed by atoms with E-state index in [-0.39, 0.29) is 6.61 Å². The lowest BCUT2D eigenvalue weighted by Gasteiger charge is -2.06. The van der Waals surface area contributed by atoms with Crippen molar-refractivity contribution in [3.05, 3.63) is 12.7 Å². The molecule has 0 atom stereocenters. The summed E-state index contributed by atoms with van der Waals surface area (Å²) in [5.41, 5.74) is 0. The van der Waals surface area contributed by atoms with Crippen LogP contribution in [0.3, 0.4) is 0 Å². The Morgan fingerprint density at radius 2 is 2.10 bits per heavy atom. The van der Waals surface area contributed by atoms with Crippen LogP contribution in [0, 0.1) is 5.41 Å². The first kappa shape index (κ1) is 9.00. The first-order valence-corrected chi connectivity index (χ1v) is 2.38. The Bertz CT molecular complexity index is 140. The van der Waals surface area contributed by atoms with E-state index in [1.54, 1.807) is 0 Å². The van der Waals surface area contributed by atoms with E-state index in [1.807, 2.05) is 0 Å². The van der Waals surface area contributed by atoms with Crippen LogP contribution in [0.15, 0.2) is 12.7 Å². The third kappa shape index (κ3) is 3.11. The third-order valence-corrected chi connectivity index (χ3v) is 0.603. The van der Waals surface area contributed by atoms with Gasteiger partial charge < -0.3 is 4.74 Å². The largest absolute Gasteiger partial charge is 0.470 e. The monoisotopic (exact) mass is 153 g/mol. The summed E-state index contributed by atoms with van der Waals surface area (Å²) in [7, 11) is 0. The van der Waals surface area contributed by atoms with Gasteiger partial charge in [0.2, 0.25) is 0 Å². The lowest BCUT2D eigenvalue weighted by molar-refractivity contribution is -0.0781. The van der Waals surface area contributed by atoms with Gasteiger partial charge in [0, 0.05) is 0 Å². The van der Waals surface area contributed by atoms with Gasteiger partial charge in [0.1, 0.15) is 6.61 Å². The van der Waals surface area contributed by atoms with Gasteiger partial charge in [-0.05, 0) is 0 Å². The highest BCUT2D eigenvalue weighted by Gasteiger charge is 2.36. The van der Waals surface area contributed by atoms with E-state index in [2.05, 4.69) is 11.3 Å². The number of hydrogen-bond donors (Lipinski definition) is 1. The minimum Gasteiger partial charge on any atom is -0.470 e. The molecule has 0 aliphatic carbocycles. The highest BCUT2D eigenvalue weighted by atomic mass is 19.4. The van der Waals surface area contributed by atoms with Crippen molar-refractivity contribution in [1.82, 2.24) is 0 Å². The van der Waals surface area contributed by atoms with E-state index in [0.29, 0.717) is 0 Å². The van der Waals surface area contributed by atoms with Gasteiger partial charge in [0.15, 0.2) is 0 Å². The van der Waals surface area contributed by atoms with Crippen LogP contribution in [0.5, 0.6) is 0 Å². The van der Waals surface area contributed by atoms with Gasteiger partial charge in [-0.25, -0.2) is 0 Å². The molecule has 0 unspecified atom stereocenters. The molecule has 5 heteroatoms. The van der Waals surface area contributed by atoms with E-state index >= 15 is 0 Å². The van der Waals surface area contributed by atoms with Gasteiger partial charge in [0.25, 0.3) is 5.90 Å². The second-order valence-corrected chi connectivity index (χ2v) is 1.43. The molecule has 58 valence electrons. The number of ether oxygens (including phenoxy) is 1. The maximum atomic E-state index is 11.4. The molecule has 10 heavy (non-hydrogen) atoms. The van der Waals surface area contributed by atoms with Crippen molar-refractivity contribution in [3.63, 3.8) is 0 Å². The van der Waals surface area contributed by atoms with Crippen molar-refractivity contribution >= 4 is 5.90 Å². The van der Waals surface area contributed by atoms with Gasteiger partial charge in [-0.2, -0.15) is 13.2 Å². The highest BCUT2D eigenvalue weighted by Crippen LogP contribution is 2.16. The number of hydrogen-bond acceptors (Lipinski definition) is 2. The van der Waals surface area contributed by atoms with Crippen LogP contribution in [0.1, 0.15) is 0 Å². The maximum absolute atomic E-state index is 11.4. The molecular weight excluding hydrogens is 147 g/mol. The molecule has 0 saturated carbocycles. The number of nitrogens with one attached hydrogen (secondary N) is 1. The first-order chi connectivity index (χ1) is 4.48. The quantitative estimate of drug-likeness (QED) is 0.365. The van der Waals surface area contributed by atoms with Crippen LogP contribution in [0.25, 0.3) is 0 Å². The molecule has 0 bridgehead atoms. The van der Waals surface area contributed by atoms with Crippen LogP contribution in [-0.2, 0) is 4.74 Å². The van der Waals surface area contributed by atoms with Crippen LogP contribution in [0.4, 0.5) is 13.2 Å². The van der Waals surface area contributed by atoms with Crippen LogP contribution >= 0.6 is 0 Å². The molecule has 0 fully saturated rings. The summed E-state index contributed by atoms with van der Waals surface area (Å²) < 4.78 is 38.1. The van der Waals surface area contributed by atoms with E-state index in [9.17, 15) is 13.2 Å². The molecule has 0 radical (unpaired) electrons. The second kappa shape index (κ2) is 3.24. The van der Waals surface area contributed by atoms with Gasteiger partial charge >= 0.3 is 6.18 Å². The number of halogens is 3. The van der Waals surface area contributed by atoms with E-state index in [1.165, 1.54) is 0 Å². The van der Waals surface area contributed by atoms with Crippen molar-refractivity contribution in [2.24, 2.45) is 0 Å². The smallest absolute Gasteiger partial charge is 0.467 e. The van der Waals surface area contributed by atoms with E-state index in [0.717, 1.165) is 6.08 Å². The second-order valence-electron chi connectivity index (χ2n) is 1.43. The molecule has 0 aromatic heterocycles. The molecule has 2 nitrogen and oxygen atoms in total. The van der Waals surface area contributed by atoms with Gasteiger partial charge in [-0.1, -0.05) is 12.7 Å². The molecule has 0 rings (SSSR count). The van der Waals surface area contributed by atoms with Gasteiger partial charge in [0.05, 0.1) is 0 Å². The van der Waals surface area contributed by atoms with E-state index < -0.39 is 12.1 Å². The van der Waals surface area contributed by atoms with Crippen molar-refractivity contribution in [2.75, 3.05) is 6.61 Å². The lowest BCUT2D eigenvalue weighted by atomic mass is 10.6. The Morgan fingerprint density at radius 3 is 2.40 bits per heavy atom. The topological polar surface area (TPSA) is 33.1 Å². The maximum Gasteiger partial charge on any atom is 0.467 e. The lowest BCUT2D eigenvalue weighted by Crippen LogP contribution is -2.24. The van der Waals surface area contributed by atoms with Crippen molar-refractivity contribution in [1.29, 1.82) is 5.41 Å². The summed E-state index contributed by atoms with van der Waals surface area (Å²) in [4.78, 5) is 0. The SMILES string of the molecule is C=CCOC(=N)C(F)(F)F. The summed E-state index contributed by atoms with van der Waals surface area (Å²) in [5.74, 6) is -1.69. The minimum atomic E-state index is -4.68. The molecule has 0 spiro atoms. The fourth-order valence-electron chi connectivity index (χ4n) is 0.224. The highest BCUT2D eigenvalue weighted by molar-refractivity contribution is 5.78. The average Bonchev–Trinajstić information content (AvgIpc) is 1.80.